The van der Waals surface area contributed by atoms with Crippen molar-refractivity contribution < 1.29 is 13.2 Å². The fraction of sp³-hybridized carbons (Fsp3) is 0.714. The van der Waals surface area contributed by atoms with E-state index in [-0.39, 0.29) is 5.92 Å². The molecule has 0 aromatic heterocycles. The van der Waals surface area contributed by atoms with Crippen LogP contribution in [0, 0.1) is 5.92 Å². The molecule has 1 aromatic rings. The summed E-state index contributed by atoms with van der Waals surface area (Å²) in [4.78, 5) is 4.73. The standard InChI is InChI=1S/C21H31F3N2/c1-25(2)19-11-12-26(14-19)15-20(16-7-4-3-5-8-16)17-9-6-10-18(13-17)21(22,23)24/h6,9-10,13,16,19-20H,3-5,7-8,11-12,14-15H2,1-2H3/t19-,20?/m1/s1. The molecular formula is C21H31F3N2. The van der Waals surface area contributed by atoms with E-state index in [4.69, 9.17) is 0 Å². The van der Waals surface area contributed by atoms with Crippen LogP contribution in [0.1, 0.15) is 55.6 Å². The van der Waals surface area contributed by atoms with Crippen molar-refractivity contribution in [3.05, 3.63) is 35.4 Å². The predicted molar refractivity (Wildman–Crippen MR) is 99.3 cm³/mol. The Kier molecular flexibility index (Phi) is 6.29. The first-order valence-corrected chi connectivity index (χ1v) is 9.90. The molecule has 2 fully saturated rings. The van der Waals surface area contributed by atoms with Gasteiger partial charge >= 0.3 is 6.18 Å². The van der Waals surface area contributed by atoms with E-state index in [1.807, 2.05) is 6.07 Å². The van der Waals surface area contributed by atoms with E-state index < -0.39 is 11.7 Å². The van der Waals surface area contributed by atoms with E-state index in [1.54, 1.807) is 6.07 Å². The highest BCUT2D eigenvalue weighted by atomic mass is 19.4. The number of nitrogens with zero attached hydrogens (tertiary/aromatic N) is 2. The maximum atomic E-state index is 13.2. The van der Waals surface area contributed by atoms with E-state index >= 15 is 0 Å². The summed E-state index contributed by atoms with van der Waals surface area (Å²) < 4.78 is 39.6. The summed E-state index contributed by atoms with van der Waals surface area (Å²) in [6.45, 7) is 2.95. The molecule has 1 aliphatic heterocycles. The van der Waals surface area contributed by atoms with Crippen LogP contribution in [0.4, 0.5) is 13.2 Å². The summed E-state index contributed by atoms with van der Waals surface area (Å²) in [6, 6.07) is 6.65. The maximum absolute atomic E-state index is 13.2. The summed E-state index contributed by atoms with van der Waals surface area (Å²) in [5.41, 5.74) is 0.364. The van der Waals surface area contributed by atoms with Gasteiger partial charge in [0.05, 0.1) is 5.56 Å². The molecule has 1 heterocycles. The minimum absolute atomic E-state index is 0.207. The van der Waals surface area contributed by atoms with Crippen molar-refractivity contribution in [3.8, 4) is 0 Å². The third-order valence-electron chi connectivity index (χ3n) is 6.29. The molecule has 1 aromatic carbocycles. The van der Waals surface area contributed by atoms with Crippen molar-refractivity contribution >= 4 is 0 Å². The smallest absolute Gasteiger partial charge is 0.305 e. The molecule has 2 aliphatic rings. The number of rotatable bonds is 5. The fourth-order valence-corrected chi connectivity index (χ4v) is 4.69. The zero-order valence-corrected chi connectivity index (χ0v) is 15.9. The molecule has 2 atom stereocenters. The highest BCUT2D eigenvalue weighted by Gasteiger charge is 2.34. The molecule has 0 amide bonds. The number of hydrogen-bond acceptors (Lipinski definition) is 2. The van der Waals surface area contributed by atoms with E-state index in [1.165, 1.54) is 31.4 Å². The Balaban J connectivity index is 1.80. The van der Waals surface area contributed by atoms with Gasteiger partial charge in [-0.2, -0.15) is 13.2 Å². The largest absolute Gasteiger partial charge is 0.416 e. The van der Waals surface area contributed by atoms with Crippen molar-refractivity contribution in [2.75, 3.05) is 33.7 Å². The van der Waals surface area contributed by atoms with Gasteiger partial charge in [0.2, 0.25) is 0 Å². The second-order valence-corrected chi connectivity index (χ2v) is 8.29. The zero-order valence-electron chi connectivity index (χ0n) is 15.9. The van der Waals surface area contributed by atoms with Crippen LogP contribution in [0.5, 0.6) is 0 Å². The van der Waals surface area contributed by atoms with E-state index in [9.17, 15) is 13.2 Å². The SMILES string of the molecule is CN(C)[C@@H]1CCN(CC(c2cccc(C(F)(F)F)c2)C2CCCCC2)C1. The second kappa shape index (κ2) is 8.30. The van der Waals surface area contributed by atoms with Crippen LogP contribution in [-0.4, -0.2) is 49.6 Å². The predicted octanol–water partition coefficient (Wildman–Crippen LogP) is 5.01. The number of likely N-dealkylation sites (tertiary alicyclic amines) is 1. The Morgan fingerprint density at radius 3 is 2.46 bits per heavy atom. The van der Waals surface area contributed by atoms with E-state index in [2.05, 4.69) is 23.9 Å². The Morgan fingerprint density at radius 1 is 1.12 bits per heavy atom. The lowest BCUT2D eigenvalue weighted by Gasteiger charge is -2.34. The molecule has 0 bridgehead atoms. The molecule has 1 saturated heterocycles. The third-order valence-corrected chi connectivity index (χ3v) is 6.29. The average Bonchev–Trinajstić information content (AvgIpc) is 3.09. The minimum atomic E-state index is -4.27. The van der Waals surface area contributed by atoms with E-state index in [0.717, 1.165) is 44.5 Å². The summed E-state index contributed by atoms with van der Waals surface area (Å²) in [6.07, 6.45) is 2.85. The van der Waals surface area contributed by atoms with Crippen LogP contribution < -0.4 is 0 Å². The molecule has 3 rings (SSSR count). The molecule has 1 unspecified atom stereocenters. The van der Waals surface area contributed by atoms with Gasteiger partial charge in [0, 0.05) is 19.1 Å². The topological polar surface area (TPSA) is 6.48 Å². The zero-order chi connectivity index (χ0) is 18.7. The molecular weight excluding hydrogens is 337 g/mol. The van der Waals surface area contributed by atoms with Crippen molar-refractivity contribution in [1.29, 1.82) is 0 Å². The number of hydrogen-bond donors (Lipinski definition) is 0. The summed E-state index contributed by atoms with van der Waals surface area (Å²) in [5.74, 6) is 0.712. The Hall–Kier alpha value is -1.07. The van der Waals surface area contributed by atoms with Gasteiger partial charge in [-0.15, -0.1) is 0 Å². The lowest BCUT2D eigenvalue weighted by molar-refractivity contribution is -0.137. The molecule has 0 spiro atoms. The number of likely N-dealkylation sites (N-methyl/N-ethyl adjacent to an activating group) is 1. The van der Waals surface area contributed by atoms with Crippen LogP contribution in [0.2, 0.25) is 0 Å². The Labute approximate surface area is 155 Å². The first kappa shape index (κ1) is 19.7. The first-order chi connectivity index (χ1) is 12.3. The molecule has 0 N–H and O–H groups in total. The van der Waals surface area contributed by atoms with Crippen LogP contribution in [0.15, 0.2) is 24.3 Å². The lowest BCUT2D eigenvalue weighted by Crippen LogP contribution is -2.35. The molecule has 1 saturated carbocycles. The monoisotopic (exact) mass is 368 g/mol. The number of alkyl halides is 3. The fourth-order valence-electron chi connectivity index (χ4n) is 4.69. The van der Waals surface area contributed by atoms with Gasteiger partial charge in [0.15, 0.2) is 0 Å². The first-order valence-electron chi connectivity index (χ1n) is 9.90. The van der Waals surface area contributed by atoms with Crippen LogP contribution in [-0.2, 0) is 6.18 Å². The van der Waals surface area contributed by atoms with Crippen molar-refractivity contribution in [1.82, 2.24) is 9.80 Å². The quantitative estimate of drug-likeness (QED) is 0.721. The van der Waals surface area contributed by atoms with E-state index in [0.29, 0.717) is 12.0 Å². The van der Waals surface area contributed by atoms with Gasteiger partial charge in [-0.1, -0.05) is 37.5 Å². The van der Waals surface area contributed by atoms with Gasteiger partial charge < -0.3 is 9.80 Å². The van der Waals surface area contributed by atoms with Crippen LogP contribution in [0.3, 0.4) is 0 Å². The maximum Gasteiger partial charge on any atom is 0.416 e. The van der Waals surface area contributed by atoms with Gasteiger partial charge in [-0.25, -0.2) is 0 Å². The van der Waals surface area contributed by atoms with Gasteiger partial charge in [0.1, 0.15) is 0 Å². The van der Waals surface area contributed by atoms with Crippen LogP contribution in [0.25, 0.3) is 0 Å². The molecule has 1 aliphatic carbocycles. The third kappa shape index (κ3) is 4.80. The van der Waals surface area contributed by atoms with Gasteiger partial charge in [-0.3, -0.25) is 0 Å². The molecule has 5 heteroatoms. The number of halogens is 3. The highest BCUT2D eigenvalue weighted by molar-refractivity contribution is 5.29. The van der Waals surface area contributed by atoms with Gasteiger partial charge in [-0.05, 0) is 63.4 Å². The summed E-state index contributed by atoms with van der Waals surface area (Å²) in [7, 11) is 4.22. The Bertz CT molecular complexity index is 579. The lowest BCUT2D eigenvalue weighted by atomic mass is 9.76. The molecule has 146 valence electrons. The highest BCUT2D eigenvalue weighted by Crippen LogP contribution is 2.39. The normalized spacial score (nSPS) is 24.3. The molecule has 26 heavy (non-hydrogen) atoms. The Morgan fingerprint density at radius 2 is 1.85 bits per heavy atom. The summed E-state index contributed by atoms with van der Waals surface area (Å²) in [5, 5.41) is 0. The molecule has 2 nitrogen and oxygen atoms in total. The van der Waals surface area contributed by atoms with Gasteiger partial charge in [0.25, 0.3) is 0 Å². The van der Waals surface area contributed by atoms with Crippen LogP contribution >= 0.6 is 0 Å². The number of benzene rings is 1. The van der Waals surface area contributed by atoms with Crippen molar-refractivity contribution in [2.45, 2.75) is 56.7 Å². The van der Waals surface area contributed by atoms with Crippen molar-refractivity contribution in [2.24, 2.45) is 5.92 Å². The van der Waals surface area contributed by atoms with Crippen molar-refractivity contribution in [3.63, 3.8) is 0 Å². The minimum Gasteiger partial charge on any atom is -0.305 e. The summed E-state index contributed by atoms with van der Waals surface area (Å²) >= 11 is 0. The molecule has 0 radical (unpaired) electrons. The average molecular weight is 368 g/mol. The second-order valence-electron chi connectivity index (χ2n) is 8.29.